The Labute approximate surface area is 109 Å². The molecule has 1 aliphatic carbocycles. The van der Waals surface area contributed by atoms with Gasteiger partial charge >= 0.3 is 0 Å². The van der Waals surface area contributed by atoms with E-state index in [-0.39, 0.29) is 12.1 Å². The Bertz CT molecular complexity index is 540. The van der Waals surface area contributed by atoms with Gasteiger partial charge in [-0.3, -0.25) is 0 Å². The van der Waals surface area contributed by atoms with Crippen molar-refractivity contribution in [1.82, 2.24) is 4.72 Å². The number of sulfonamides is 1. The van der Waals surface area contributed by atoms with Crippen LogP contribution in [0.25, 0.3) is 0 Å². The number of benzene rings is 1. The smallest absolute Gasteiger partial charge is 0.241 e. The predicted octanol–water partition coefficient (Wildman–Crippen LogP) is 1.46. The Morgan fingerprint density at radius 2 is 2.00 bits per heavy atom. The van der Waals surface area contributed by atoms with Crippen LogP contribution in [0.2, 0.25) is 0 Å². The highest BCUT2D eigenvalue weighted by Gasteiger charge is 2.29. The van der Waals surface area contributed by atoms with E-state index in [1.807, 2.05) is 26.0 Å². The van der Waals surface area contributed by atoms with Crippen LogP contribution in [0.4, 0.5) is 0 Å². The molecule has 5 heteroatoms. The van der Waals surface area contributed by atoms with E-state index in [0.717, 1.165) is 30.4 Å². The van der Waals surface area contributed by atoms with E-state index in [4.69, 9.17) is 5.73 Å². The van der Waals surface area contributed by atoms with Crippen LogP contribution in [-0.2, 0) is 10.0 Å². The molecule has 2 rings (SSSR count). The molecule has 0 bridgehead atoms. The van der Waals surface area contributed by atoms with Gasteiger partial charge in [-0.1, -0.05) is 24.1 Å². The summed E-state index contributed by atoms with van der Waals surface area (Å²) in [7, 11) is -3.45. The van der Waals surface area contributed by atoms with Crippen LogP contribution in [0.15, 0.2) is 23.1 Å². The van der Waals surface area contributed by atoms with Gasteiger partial charge in [-0.25, -0.2) is 13.1 Å². The van der Waals surface area contributed by atoms with Gasteiger partial charge < -0.3 is 5.73 Å². The van der Waals surface area contributed by atoms with E-state index in [0.29, 0.717) is 4.90 Å². The number of aryl methyl sites for hydroxylation is 2. The van der Waals surface area contributed by atoms with Gasteiger partial charge in [-0.15, -0.1) is 0 Å². The van der Waals surface area contributed by atoms with Crippen molar-refractivity contribution in [2.45, 2.75) is 50.1 Å². The first kappa shape index (κ1) is 13.5. The van der Waals surface area contributed by atoms with Crippen molar-refractivity contribution >= 4 is 10.0 Å². The van der Waals surface area contributed by atoms with E-state index in [2.05, 4.69) is 4.72 Å². The second kappa shape index (κ2) is 4.99. The van der Waals surface area contributed by atoms with Crippen molar-refractivity contribution in [1.29, 1.82) is 0 Å². The number of nitrogens with one attached hydrogen (secondary N) is 1. The van der Waals surface area contributed by atoms with Crippen molar-refractivity contribution in [2.24, 2.45) is 5.73 Å². The number of hydrogen-bond donors (Lipinski definition) is 2. The first-order valence-corrected chi connectivity index (χ1v) is 7.73. The molecule has 1 aliphatic rings. The van der Waals surface area contributed by atoms with Crippen molar-refractivity contribution < 1.29 is 8.42 Å². The lowest BCUT2D eigenvalue weighted by atomic mass is 10.2. The van der Waals surface area contributed by atoms with Gasteiger partial charge in [0.2, 0.25) is 10.0 Å². The fourth-order valence-corrected chi connectivity index (χ4v) is 4.05. The summed E-state index contributed by atoms with van der Waals surface area (Å²) in [6, 6.07) is 5.16. The summed E-state index contributed by atoms with van der Waals surface area (Å²) < 4.78 is 27.3. The molecule has 100 valence electrons. The lowest BCUT2D eigenvalue weighted by molar-refractivity contribution is 0.522. The maximum Gasteiger partial charge on any atom is 0.241 e. The summed E-state index contributed by atoms with van der Waals surface area (Å²) in [5.41, 5.74) is 7.73. The molecule has 0 aromatic heterocycles. The van der Waals surface area contributed by atoms with Crippen LogP contribution in [0, 0.1) is 13.8 Å². The normalized spacial score (nSPS) is 24.4. The molecule has 3 N–H and O–H groups in total. The average Bonchev–Trinajstić information content (AvgIpc) is 2.63. The summed E-state index contributed by atoms with van der Waals surface area (Å²) in [6.45, 7) is 3.76. The molecule has 2 unspecified atom stereocenters. The van der Waals surface area contributed by atoms with Crippen LogP contribution in [0.3, 0.4) is 0 Å². The van der Waals surface area contributed by atoms with E-state index in [1.54, 1.807) is 6.07 Å². The minimum atomic E-state index is -3.45. The molecule has 2 atom stereocenters. The predicted molar refractivity (Wildman–Crippen MR) is 71.9 cm³/mol. The van der Waals surface area contributed by atoms with Gasteiger partial charge in [0, 0.05) is 12.1 Å². The van der Waals surface area contributed by atoms with E-state index in [9.17, 15) is 8.42 Å². The van der Waals surface area contributed by atoms with Crippen molar-refractivity contribution in [3.63, 3.8) is 0 Å². The maximum atomic E-state index is 12.3. The second-order valence-electron chi connectivity index (χ2n) is 5.09. The molecule has 1 aromatic rings. The first-order valence-electron chi connectivity index (χ1n) is 6.25. The summed E-state index contributed by atoms with van der Waals surface area (Å²) >= 11 is 0. The fourth-order valence-electron chi connectivity index (χ4n) is 2.50. The molecule has 0 aliphatic heterocycles. The molecule has 0 spiro atoms. The summed E-state index contributed by atoms with van der Waals surface area (Å²) in [6.07, 6.45) is 2.70. The second-order valence-corrected chi connectivity index (χ2v) is 6.77. The van der Waals surface area contributed by atoms with Crippen LogP contribution in [-0.4, -0.2) is 20.5 Å². The Kier molecular flexibility index (Phi) is 3.75. The Morgan fingerprint density at radius 1 is 1.28 bits per heavy atom. The third kappa shape index (κ3) is 2.74. The van der Waals surface area contributed by atoms with Crippen LogP contribution >= 0.6 is 0 Å². The zero-order chi connectivity index (χ0) is 13.3. The van der Waals surface area contributed by atoms with Crippen LogP contribution in [0.1, 0.15) is 30.4 Å². The third-order valence-corrected chi connectivity index (χ3v) is 5.15. The summed E-state index contributed by atoms with van der Waals surface area (Å²) in [5, 5.41) is 0. The van der Waals surface area contributed by atoms with Gasteiger partial charge in [0.05, 0.1) is 4.90 Å². The molecule has 0 heterocycles. The molecule has 4 nitrogen and oxygen atoms in total. The molecule has 18 heavy (non-hydrogen) atoms. The van der Waals surface area contributed by atoms with Gasteiger partial charge in [0.15, 0.2) is 0 Å². The van der Waals surface area contributed by atoms with E-state index < -0.39 is 10.0 Å². The highest BCUT2D eigenvalue weighted by molar-refractivity contribution is 7.89. The third-order valence-electron chi connectivity index (χ3n) is 3.50. The average molecular weight is 268 g/mol. The lowest BCUT2D eigenvalue weighted by Crippen LogP contribution is -2.44. The van der Waals surface area contributed by atoms with E-state index >= 15 is 0 Å². The van der Waals surface area contributed by atoms with Crippen molar-refractivity contribution in [3.8, 4) is 0 Å². The molecule has 0 radical (unpaired) electrons. The van der Waals surface area contributed by atoms with Crippen molar-refractivity contribution in [3.05, 3.63) is 29.3 Å². The Hall–Kier alpha value is -0.910. The highest BCUT2D eigenvalue weighted by Crippen LogP contribution is 2.21. The summed E-state index contributed by atoms with van der Waals surface area (Å²) in [4.78, 5) is 0.354. The van der Waals surface area contributed by atoms with Gasteiger partial charge in [0.25, 0.3) is 0 Å². The molecule has 0 amide bonds. The Morgan fingerprint density at radius 3 is 2.56 bits per heavy atom. The van der Waals surface area contributed by atoms with Crippen molar-refractivity contribution in [2.75, 3.05) is 0 Å². The SMILES string of the molecule is Cc1ccc(S(=O)(=O)NC2CCCC2N)c(C)c1. The highest BCUT2D eigenvalue weighted by atomic mass is 32.2. The van der Waals surface area contributed by atoms with Crippen LogP contribution < -0.4 is 10.5 Å². The number of hydrogen-bond acceptors (Lipinski definition) is 3. The molecular formula is C13H20N2O2S. The lowest BCUT2D eigenvalue weighted by Gasteiger charge is -2.18. The standard InChI is InChI=1S/C13H20N2O2S/c1-9-6-7-13(10(2)8-9)18(16,17)15-12-5-3-4-11(12)14/h6-8,11-12,15H,3-5,14H2,1-2H3. The van der Waals surface area contributed by atoms with Gasteiger partial charge in [0.1, 0.15) is 0 Å². The maximum absolute atomic E-state index is 12.3. The minimum absolute atomic E-state index is 0.0643. The monoisotopic (exact) mass is 268 g/mol. The summed E-state index contributed by atoms with van der Waals surface area (Å²) in [5.74, 6) is 0. The van der Waals surface area contributed by atoms with Gasteiger partial charge in [-0.2, -0.15) is 0 Å². The van der Waals surface area contributed by atoms with E-state index in [1.165, 1.54) is 0 Å². The Balaban J connectivity index is 2.25. The quantitative estimate of drug-likeness (QED) is 0.871. The number of rotatable bonds is 3. The van der Waals surface area contributed by atoms with Crippen LogP contribution in [0.5, 0.6) is 0 Å². The zero-order valence-electron chi connectivity index (χ0n) is 10.8. The fraction of sp³-hybridized carbons (Fsp3) is 0.538. The minimum Gasteiger partial charge on any atom is -0.326 e. The number of nitrogens with two attached hydrogens (primary N) is 1. The topological polar surface area (TPSA) is 72.2 Å². The van der Waals surface area contributed by atoms with Gasteiger partial charge in [-0.05, 0) is 38.3 Å². The first-order chi connectivity index (χ1) is 8.40. The zero-order valence-corrected chi connectivity index (χ0v) is 11.6. The molecule has 0 saturated heterocycles. The largest absolute Gasteiger partial charge is 0.326 e. The molecule has 1 aromatic carbocycles. The molecule has 1 fully saturated rings. The molecular weight excluding hydrogens is 248 g/mol. The molecule has 1 saturated carbocycles.